The molecule has 0 amide bonds. The van der Waals surface area contributed by atoms with Crippen LogP contribution in [0.4, 0.5) is 0 Å². The van der Waals surface area contributed by atoms with Gasteiger partial charge in [-0.3, -0.25) is 4.90 Å². The van der Waals surface area contributed by atoms with Crippen molar-refractivity contribution in [3.05, 3.63) is 23.8 Å². The molecular weight excluding hydrogens is 311 g/mol. The van der Waals surface area contributed by atoms with Gasteiger partial charge in [0, 0.05) is 37.8 Å². The predicted octanol–water partition coefficient (Wildman–Crippen LogP) is 2.99. The largest absolute Gasteiger partial charge is 0.504 e. The number of hydrogen-bond acceptors (Lipinski definition) is 4. The van der Waals surface area contributed by atoms with Crippen molar-refractivity contribution in [3.63, 3.8) is 0 Å². The fourth-order valence-electron chi connectivity index (χ4n) is 2.77. The Morgan fingerprint density at radius 2 is 1.95 bits per heavy atom. The smallest absolute Gasteiger partial charge is 0.162 e. The average molecular weight is 337 g/mol. The van der Waals surface area contributed by atoms with E-state index in [0.717, 1.165) is 44.6 Å². The normalized spacial score (nSPS) is 16.5. The number of nitrogens with zero attached hydrogens (tertiary/aromatic N) is 1. The van der Waals surface area contributed by atoms with Crippen LogP contribution in [-0.4, -0.2) is 43.3 Å². The van der Waals surface area contributed by atoms with E-state index in [9.17, 15) is 5.11 Å². The number of piperazine rings is 1. The molecule has 0 bridgehead atoms. The molecule has 0 aromatic heterocycles. The summed E-state index contributed by atoms with van der Waals surface area (Å²) in [7, 11) is 1.60. The van der Waals surface area contributed by atoms with Gasteiger partial charge in [-0.15, -0.1) is 24.8 Å². The van der Waals surface area contributed by atoms with Crippen LogP contribution in [0.2, 0.25) is 0 Å². The predicted molar refractivity (Wildman–Crippen MR) is 91.2 cm³/mol. The molecular formula is C15H26Cl2N2O2. The molecule has 1 aliphatic heterocycles. The molecule has 21 heavy (non-hydrogen) atoms. The Morgan fingerprint density at radius 1 is 1.29 bits per heavy atom. The summed E-state index contributed by atoms with van der Waals surface area (Å²) in [6, 6.07) is 6.06. The topological polar surface area (TPSA) is 44.7 Å². The van der Waals surface area contributed by atoms with Gasteiger partial charge in [0.1, 0.15) is 0 Å². The summed E-state index contributed by atoms with van der Waals surface area (Å²) < 4.78 is 5.22. The number of ether oxygens (including phenoxy) is 1. The van der Waals surface area contributed by atoms with Crippen molar-refractivity contribution in [2.75, 3.05) is 33.3 Å². The second kappa shape index (κ2) is 10.1. The van der Waals surface area contributed by atoms with Crippen molar-refractivity contribution in [3.8, 4) is 11.5 Å². The molecule has 2 N–H and O–H groups in total. The molecule has 122 valence electrons. The van der Waals surface area contributed by atoms with Crippen molar-refractivity contribution in [1.82, 2.24) is 10.2 Å². The quantitative estimate of drug-likeness (QED) is 0.867. The lowest BCUT2D eigenvalue weighted by Gasteiger charge is -2.35. The van der Waals surface area contributed by atoms with E-state index in [1.54, 1.807) is 13.2 Å². The van der Waals surface area contributed by atoms with Gasteiger partial charge in [0.25, 0.3) is 0 Å². The number of aromatic hydroxyl groups is 1. The third-order valence-electron chi connectivity index (χ3n) is 3.76. The molecule has 2 rings (SSSR count). The molecule has 6 heteroatoms. The maximum Gasteiger partial charge on any atom is 0.162 e. The van der Waals surface area contributed by atoms with Gasteiger partial charge in [-0.2, -0.15) is 0 Å². The Balaban J connectivity index is 0.00000200. The summed E-state index contributed by atoms with van der Waals surface area (Å²) >= 11 is 0. The Hall–Kier alpha value is -0.680. The number of rotatable bonds is 5. The Labute approximate surface area is 139 Å². The third-order valence-corrected chi connectivity index (χ3v) is 3.76. The number of benzene rings is 1. The number of para-hydroxylation sites is 1. The van der Waals surface area contributed by atoms with Crippen LogP contribution in [0, 0.1) is 0 Å². The van der Waals surface area contributed by atoms with Crippen LogP contribution in [0.25, 0.3) is 0 Å². The number of methoxy groups -OCH3 is 1. The molecule has 1 aromatic carbocycles. The molecule has 1 fully saturated rings. The van der Waals surface area contributed by atoms with E-state index in [4.69, 9.17) is 4.74 Å². The summed E-state index contributed by atoms with van der Waals surface area (Å²) in [6.45, 7) is 6.28. The molecule has 1 saturated heterocycles. The van der Waals surface area contributed by atoms with Crippen molar-refractivity contribution < 1.29 is 9.84 Å². The molecule has 4 nitrogen and oxygen atoms in total. The lowest BCUT2D eigenvalue weighted by Crippen LogP contribution is -2.45. The number of hydrogen-bond donors (Lipinski definition) is 2. The van der Waals surface area contributed by atoms with Crippen LogP contribution in [-0.2, 0) is 0 Å². The van der Waals surface area contributed by atoms with Gasteiger partial charge < -0.3 is 15.2 Å². The highest BCUT2D eigenvalue weighted by Crippen LogP contribution is 2.37. The first-order chi connectivity index (χ1) is 9.27. The van der Waals surface area contributed by atoms with Crippen LogP contribution < -0.4 is 10.1 Å². The number of phenols is 1. The lowest BCUT2D eigenvalue weighted by molar-refractivity contribution is 0.161. The summed E-state index contributed by atoms with van der Waals surface area (Å²) in [5, 5.41) is 13.7. The Bertz CT molecular complexity index is 413. The molecule has 1 aromatic rings. The molecule has 1 atom stereocenters. The summed E-state index contributed by atoms with van der Waals surface area (Å²) in [5.74, 6) is 0.857. The number of phenolic OH excluding ortho intramolecular Hbond substituents is 1. The number of halogens is 2. The Kier molecular flexibility index (Phi) is 9.79. The first kappa shape index (κ1) is 20.3. The highest BCUT2D eigenvalue weighted by Gasteiger charge is 2.24. The van der Waals surface area contributed by atoms with Crippen LogP contribution in [0.3, 0.4) is 0 Å². The van der Waals surface area contributed by atoms with Gasteiger partial charge in [0.05, 0.1) is 7.11 Å². The second-order valence-electron chi connectivity index (χ2n) is 4.99. The van der Waals surface area contributed by atoms with E-state index < -0.39 is 0 Å². The zero-order chi connectivity index (χ0) is 13.7. The lowest BCUT2D eigenvalue weighted by atomic mass is 9.98. The number of nitrogens with one attached hydrogen (secondary N) is 1. The van der Waals surface area contributed by atoms with E-state index in [1.165, 1.54) is 0 Å². The van der Waals surface area contributed by atoms with E-state index >= 15 is 0 Å². The van der Waals surface area contributed by atoms with Gasteiger partial charge in [-0.05, 0) is 12.5 Å². The van der Waals surface area contributed by atoms with Gasteiger partial charge in [-0.25, -0.2) is 0 Å². The minimum Gasteiger partial charge on any atom is -0.504 e. The summed E-state index contributed by atoms with van der Waals surface area (Å²) in [5.41, 5.74) is 0.989. The van der Waals surface area contributed by atoms with Gasteiger partial charge in [0.2, 0.25) is 0 Å². The zero-order valence-electron chi connectivity index (χ0n) is 12.7. The molecule has 1 aliphatic rings. The second-order valence-corrected chi connectivity index (χ2v) is 4.99. The van der Waals surface area contributed by atoms with E-state index in [1.807, 2.05) is 12.1 Å². The SMILES string of the molecule is CCC[C@@H](c1cccc(OC)c1O)N1CCNCC1.Cl.Cl. The minimum absolute atomic E-state index is 0. The summed E-state index contributed by atoms with van der Waals surface area (Å²) in [6.07, 6.45) is 2.16. The van der Waals surface area contributed by atoms with Crippen LogP contribution >= 0.6 is 24.8 Å². The highest BCUT2D eigenvalue weighted by atomic mass is 35.5. The monoisotopic (exact) mass is 336 g/mol. The minimum atomic E-state index is 0. The van der Waals surface area contributed by atoms with Gasteiger partial charge in [-0.1, -0.05) is 25.5 Å². The fraction of sp³-hybridized carbons (Fsp3) is 0.600. The maximum atomic E-state index is 10.3. The summed E-state index contributed by atoms with van der Waals surface area (Å²) in [4.78, 5) is 2.45. The van der Waals surface area contributed by atoms with Crippen molar-refractivity contribution in [2.24, 2.45) is 0 Å². The zero-order valence-corrected chi connectivity index (χ0v) is 14.3. The maximum absolute atomic E-state index is 10.3. The van der Waals surface area contributed by atoms with Crippen LogP contribution in [0.1, 0.15) is 31.4 Å². The van der Waals surface area contributed by atoms with Crippen molar-refractivity contribution >= 4 is 24.8 Å². The van der Waals surface area contributed by atoms with Gasteiger partial charge in [0.15, 0.2) is 11.5 Å². The first-order valence-corrected chi connectivity index (χ1v) is 7.08. The fourth-order valence-corrected chi connectivity index (χ4v) is 2.77. The van der Waals surface area contributed by atoms with E-state index in [-0.39, 0.29) is 30.9 Å². The molecule has 0 aliphatic carbocycles. The molecule has 0 spiro atoms. The Morgan fingerprint density at radius 3 is 2.52 bits per heavy atom. The van der Waals surface area contributed by atoms with Crippen LogP contribution in [0.15, 0.2) is 18.2 Å². The third kappa shape index (κ3) is 4.92. The molecule has 0 unspecified atom stereocenters. The van der Waals surface area contributed by atoms with E-state index in [2.05, 4.69) is 17.1 Å². The first-order valence-electron chi connectivity index (χ1n) is 7.08. The van der Waals surface area contributed by atoms with Crippen molar-refractivity contribution in [2.45, 2.75) is 25.8 Å². The standard InChI is InChI=1S/C15H24N2O2.2ClH/c1-3-5-13(17-10-8-16-9-11-17)12-6-4-7-14(19-2)15(12)18;;/h4,6-7,13,16,18H,3,5,8-11H2,1-2H3;2*1H/t13-;;/m0../s1. The molecule has 0 radical (unpaired) electrons. The van der Waals surface area contributed by atoms with E-state index in [0.29, 0.717) is 11.5 Å². The average Bonchev–Trinajstić information content (AvgIpc) is 2.46. The van der Waals surface area contributed by atoms with Crippen LogP contribution in [0.5, 0.6) is 11.5 Å². The van der Waals surface area contributed by atoms with Gasteiger partial charge >= 0.3 is 0 Å². The molecule has 1 heterocycles. The highest BCUT2D eigenvalue weighted by molar-refractivity contribution is 5.85. The molecule has 0 saturated carbocycles. The van der Waals surface area contributed by atoms with Crippen molar-refractivity contribution in [1.29, 1.82) is 0 Å².